The number of nitrogen functional groups attached to an aromatic ring is 1. The standard InChI is InChI=1S/C15H16N6O4/c1-2-24-14(23)8(16)6-10(22)21-7-18-12-11(9-4-3-5-25-9)19-15(17)20-13(12)21/h3-5,7-8H,2,6,16H2,1H3,(H2,17,19,20). The lowest BCUT2D eigenvalue weighted by Gasteiger charge is -2.10. The maximum absolute atomic E-state index is 12.5. The second-order valence-corrected chi connectivity index (χ2v) is 5.15. The van der Waals surface area contributed by atoms with Gasteiger partial charge in [-0.1, -0.05) is 0 Å². The Morgan fingerprint density at radius 3 is 2.88 bits per heavy atom. The molecule has 0 amide bonds. The van der Waals surface area contributed by atoms with E-state index < -0.39 is 17.9 Å². The largest absolute Gasteiger partial charge is 0.465 e. The highest BCUT2D eigenvalue weighted by molar-refractivity contribution is 5.95. The predicted octanol–water partition coefficient (Wildman–Crippen LogP) is 0.589. The number of aromatic nitrogens is 4. The highest BCUT2D eigenvalue weighted by Crippen LogP contribution is 2.26. The number of ether oxygens (including phenoxy) is 1. The summed E-state index contributed by atoms with van der Waals surface area (Å²) in [6, 6.07) is 2.31. The Bertz CT molecular complexity index is 918. The highest BCUT2D eigenvalue weighted by atomic mass is 16.5. The van der Waals surface area contributed by atoms with Crippen molar-refractivity contribution in [2.24, 2.45) is 5.73 Å². The molecule has 0 bridgehead atoms. The van der Waals surface area contributed by atoms with Gasteiger partial charge in [-0.15, -0.1) is 0 Å². The number of imidazole rings is 1. The summed E-state index contributed by atoms with van der Waals surface area (Å²) in [7, 11) is 0. The van der Waals surface area contributed by atoms with Crippen molar-refractivity contribution in [2.75, 3.05) is 12.3 Å². The van der Waals surface area contributed by atoms with Gasteiger partial charge in [0.1, 0.15) is 23.6 Å². The first-order chi connectivity index (χ1) is 12.0. The first-order valence-electron chi connectivity index (χ1n) is 7.51. The number of nitrogens with two attached hydrogens (primary N) is 2. The molecule has 0 aliphatic heterocycles. The van der Waals surface area contributed by atoms with Gasteiger partial charge in [0, 0.05) is 0 Å². The van der Waals surface area contributed by atoms with Gasteiger partial charge in [-0.25, -0.2) is 9.97 Å². The Morgan fingerprint density at radius 1 is 1.40 bits per heavy atom. The van der Waals surface area contributed by atoms with Crippen molar-refractivity contribution in [3.05, 3.63) is 24.7 Å². The van der Waals surface area contributed by atoms with Gasteiger partial charge in [0.05, 0.1) is 19.3 Å². The molecule has 0 saturated carbocycles. The molecular weight excluding hydrogens is 328 g/mol. The molecule has 3 heterocycles. The maximum atomic E-state index is 12.5. The number of furan rings is 1. The number of esters is 1. The minimum Gasteiger partial charge on any atom is -0.465 e. The van der Waals surface area contributed by atoms with Gasteiger partial charge in [0.25, 0.3) is 0 Å². The summed E-state index contributed by atoms with van der Waals surface area (Å²) >= 11 is 0. The Labute approximate surface area is 141 Å². The maximum Gasteiger partial charge on any atom is 0.323 e. The van der Waals surface area contributed by atoms with Crippen molar-refractivity contribution in [2.45, 2.75) is 19.4 Å². The van der Waals surface area contributed by atoms with E-state index in [0.29, 0.717) is 17.0 Å². The molecular formula is C15H16N6O4. The van der Waals surface area contributed by atoms with Crippen LogP contribution in [0.1, 0.15) is 18.1 Å². The summed E-state index contributed by atoms with van der Waals surface area (Å²) in [6.45, 7) is 1.84. The van der Waals surface area contributed by atoms with Crippen LogP contribution in [0.3, 0.4) is 0 Å². The lowest BCUT2D eigenvalue weighted by Crippen LogP contribution is -2.35. The van der Waals surface area contributed by atoms with E-state index in [2.05, 4.69) is 15.0 Å². The summed E-state index contributed by atoms with van der Waals surface area (Å²) in [5, 5.41) is 0. The van der Waals surface area contributed by atoms with Gasteiger partial charge in [0.2, 0.25) is 11.9 Å². The second kappa shape index (κ2) is 6.69. The molecule has 25 heavy (non-hydrogen) atoms. The first-order valence-corrected chi connectivity index (χ1v) is 7.51. The number of hydrogen-bond donors (Lipinski definition) is 2. The molecule has 0 radical (unpaired) electrons. The lowest BCUT2D eigenvalue weighted by atomic mass is 10.2. The van der Waals surface area contributed by atoms with Crippen LogP contribution in [-0.2, 0) is 9.53 Å². The van der Waals surface area contributed by atoms with E-state index >= 15 is 0 Å². The molecule has 0 spiro atoms. The molecule has 3 rings (SSSR count). The zero-order valence-corrected chi connectivity index (χ0v) is 13.4. The topological polar surface area (TPSA) is 152 Å². The Balaban J connectivity index is 1.96. The zero-order chi connectivity index (χ0) is 18.0. The average molecular weight is 344 g/mol. The van der Waals surface area contributed by atoms with Crippen molar-refractivity contribution >= 4 is 29.0 Å². The molecule has 3 aromatic heterocycles. The van der Waals surface area contributed by atoms with E-state index in [0.717, 1.165) is 0 Å². The number of hydrogen-bond acceptors (Lipinski definition) is 9. The lowest BCUT2D eigenvalue weighted by molar-refractivity contribution is -0.144. The summed E-state index contributed by atoms with van der Waals surface area (Å²) in [4.78, 5) is 36.4. The minimum atomic E-state index is -1.08. The fourth-order valence-electron chi connectivity index (χ4n) is 2.30. The third-order valence-corrected chi connectivity index (χ3v) is 3.42. The van der Waals surface area contributed by atoms with Gasteiger partial charge in [0.15, 0.2) is 11.4 Å². The van der Waals surface area contributed by atoms with E-state index in [1.807, 2.05) is 0 Å². The fourth-order valence-corrected chi connectivity index (χ4v) is 2.30. The number of carbonyl (C=O) groups is 2. The summed E-state index contributed by atoms with van der Waals surface area (Å²) in [5.41, 5.74) is 12.3. The molecule has 0 aliphatic rings. The molecule has 4 N–H and O–H groups in total. The van der Waals surface area contributed by atoms with Crippen LogP contribution < -0.4 is 11.5 Å². The Kier molecular flexibility index (Phi) is 4.44. The zero-order valence-electron chi connectivity index (χ0n) is 13.4. The average Bonchev–Trinajstić information content (AvgIpc) is 3.23. The van der Waals surface area contributed by atoms with Crippen LogP contribution in [0.25, 0.3) is 22.6 Å². The Hall–Kier alpha value is -3.27. The van der Waals surface area contributed by atoms with Crippen molar-refractivity contribution in [1.82, 2.24) is 19.5 Å². The molecule has 0 aromatic carbocycles. The smallest absolute Gasteiger partial charge is 0.323 e. The number of fused-ring (bicyclic) bond motifs is 1. The normalized spacial score (nSPS) is 12.2. The SMILES string of the molecule is CCOC(=O)C(N)CC(=O)n1cnc2c(-c3ccco3)nc(N)nc21. The van der Waals surface area contributed by atoms with Gasteiger partial charge in [-0.3, -0.25) is 14.2 Å². The molecule has 3 aromatic rings. The van der Waals surface area contributed by atoms with Crippen molar-refractivity contribution < 1.29 is 18.7 Å². The number of rotatable bonds is 5. The van der Waals surface area contributed by atoms with Crippen molar-refractivity contribution in [3.63, 3.8) is 0 Å². The van der Waals surface area contributed by atoms with Crippen LogP contribution in [0.15, 0.2) is 29.1 Å². The quantitative estimate of drug-likeness (QED) is 0.633. The monoisotopic (exact) mass is 344 g/mol. The number of anilines is 1. The van der Waals surface area contributed by atoms with E-state index in [1.165, 1.54) is 17.2 Å². The van der Waals surface area contributed by atoms with E-state index in [9.17, 15) is 9.59 Å². The number of nitrogens with zero attached hydrogens (tertiary/aromatic N) is 4. The number of carbonyl (C=O) groups excluding carboxylic acids is 2. The van der Waals surface area contributed by atoms with Crippen LogP contribution >= 0.6 is 0 Å². The van der Waals surface area contributed by atoms with Gasteiger partial charge in [-0.2, -0.15) is 4.98 Å². The molecule has 10 heteroatoms. The van der Waals surface area contributed by atoms with E-state index in [1.54, 1.807) is 19.1 Å². The van der Waals surface area contributed by atoms with E-state index in [-0.39, 0.29) is 24.6 Å². The molecule has 0 saturated heterocycles. The first kappa shape index (κ1) is 16.6. The summed E-state index contributed by atoms with van der Waals surface area (Å²) < 4.78 is 11.3. The Morgan fingerprint density at radius 2 is 2.20 bits per heavy atom. The third-order valence-electron chi connectivity index (χ3n) is 3.42. The van der Waals surface area contributed by atoms with Gasteiger partial charge in [-0.05, 0) is 19.1 Å². The van der Waals surface area contributed by atoms with Crippen molar-refractivity contribution in [1.29, 1.82) is 0 Å². The summed E-state index contributed by atoms with van der Waals surface area (Å²) in [5.74, 6) is -0.708. The van der Waals surface area contributed by atoms with Crippen LogP contribution in [0.4, 0.5) is 5.95 Å². The van der Waals surface area contributed by atoms with E-state index in [4.69, 9.17) is 20.6 Å². The predicted molar refractivity (Wildman–Crippen MR) is 87.3 cm³/mol. The van der Waals surface area contributed by atoms with Gasteiger partial charge < -0.3 is 20.6 Å². The van der Waals surface area contributed by atoms with Crippen LogP contribution in [0, 0.1) is 0 Å². The molecule has 1 unspecified atom stereocenters. The molecule has 1 atom stereocenters. The third kappa shape index (κ3) is 3.19. The van der Waals surface area contributed by atoms with Crippen LogP contribution in [0.5, 0.6) is 0 Å². The van der Waals surface area contributed by atoms with Crippen molar-refractivity contribution in [3.8, 4) is 11.5 Å². The van der Waals surface area contributed by atoms with Crippen LogP contribution in [-0.4, -0.2) is 44.0 Å². The van der Waals surface area contributed by atoms with Gasteiger partial charge >= 0.3 is 5.97 Å². The minimum absolute atomic E-state index is 0.0388. The van der Waals surface area contributed by atoms with Crippen LogP contribution in [0.2, 0.25) is 0 Å². The summed E-state index contributed by atoms with van der Waals surface area (Å²) in [6.07, 6.45) is 2.51. The molecule has 130 valence electrons. The molecule has 0 fully saturated rings. The second-order valence-electron chi connectivity index (χ2n) is 5.15. The molecule has 0 aliphatic carbocycles. The fraction of sp³-hybridized carbons (Fsp3) is 0.267. The molecule has 10 nitrogen and oxygen atoms in total. The highest BCUT2D eigenvalue weighted by Gasteiger charge is 2.23.